The first-order chi connectivity index (χ1) is 6.56. The SMILES string of the molecule is CCO[C@@H](C)C1[C@]2(C)CCCC[C@]12C. The quantitative estimate of drug-likeness (QED) is 0.670. The molecule has 1 nitrogen and oxygen atoms in total. The molecule has 0 aliphatic heterocycles. The van der Waals surface area contributed by atoms with Crippen LogP contribution >= 0.6 is 0 Å². The van der Waals surface area contributed by atoms with Crippen LogP contribution in [0.1, 0.15) is 53.4 Å². The number of rotatable bonds is 3. The summed E-state index contributed by atoms with van der Waals surface area (Å²) in [7, 11) is 0. The number of hydrogen-bond acceptors (Lipinski definition) is 1. The van der Waals surface area contributed by atoms with Crippen molar-refractivity contribution in [3.63, 3.8) is 0 Å². The molecule has 0 aromatic rings. The molecule has 0 heterocycles. The fraction of sp³-hybridized carbons (Fsp3) is 1.00. The molecule has 0 radical (unpaired) electrons. The Morgan fingerprint density at radius 3 is 2.14 bits per heavy atom. The third-order valence-electron chi connectivity index (χ3n) is 5.14. The predicted molar refractivity (Wildman–Crippen MR) is 59.3 cm³/mol. The van der Waals surface area contributed by atoms with E-state index in [9.17, 15) is 0 Å². The predicted octanol–water partition coefficient (Wildman–Crippen LogP) is 3.63. The van der Waals surface area contributed by atoms with Gasteiger partial charge in [0.05, 0.1) is 6.10 Å². The average Bonchev–Trinajstić information content (AvgIpc) is 2.63. The van der Waals surface area contributed by atoms with Gasteiger partial charge in [-0.3, -0.25) is 0 Å². The minimum absolute atomic E-state index is 0.466. The topological polar surface area (TPSA) is 9.23 Å². The molecule has 0 saturated heterocycles. The molecule has 2 saturated carbocycles. The van der Waals surface area contributed by atoms with Gasteiger partial charge in [0.2, 0.25) is 0 Å². The molecule has 4 atom stereocenters. The van der Waals surface area contributed by atoms with Crippen LogP contribution in [0.4, 0.5) is 0 Å². The Morgan fingerprint density at radius 1 is 1.21 bits per heavy atom. The minimum atomic E-state index is 0.466. The molecule has 0 spiro atoms. The molecule has 14 heavy (non-hydrogen) atoms. The highest BCUT2D eigenvalue weighted by Gasteiger charge is 2.72. The lowest BCUT2D eigenvalue weighted by molar-refractivity contribution is 0.0461. The summed E-state index contributed by atoms with van der Waals surface area (Å²) in [6, 6.07) is 0. The lowest BCUT2D eigenvalue weighted by Gasteiger charge is -2.23. The molecule has 82 valence electrons. The second-order valence-corrected chi connectivity index (χ2v) is 5.68. The normalized spacial score (nSPS) is 48.4. The molecule has 2 aliphatic carbocycles. The zero-order valence-electron chi connectivity index (χ0n) is 10.1. The first kappa shape index (κ1) is 10.5. The van der Waals surface area contributed by atoms with Crippen LogP contribution in [0.15, 0.2) is 0 Å². The Hall–Kier alpha value is -0.0400. The maximum absolute atomic E-state index is 5.79. The van der Waals surface area contributed by atoms with Gasteiger partial charge >= 0.3 is 0 Å². The molecule has 1 heteroatoms. The van der Waals surface area contributed by atoms with E-state index >= 15 is 0 Å². The van der Waals surface area contributed by atoms with Crippen molar-refractivity contribution < 1.29 is 4.74 Å². The summed E-state index contributed by atoms with van der Waals surface area (Å²) in [5, 5.41) is 0. The van der Waals surface area contributed by atoms with Crippen LogP contribution in [-0.4, -0.2) is 12.7 Å². The van der Waals surface area contributed by atoms with Gasteiger partial charge in [-0.2, -0.15) is 0 Å². The van der Waals surface area contributed by atoms with Gasteiger partial charge in [-0.1, -0.05) is 26.7 Å². The van der Waals surface area contributed by atoms with Gasteiger partial charge in [0, 0.05) is 6.61 Å². The van der Waals surface area contributed by atoms with Crippen molar-refractivity contribution in [3.8, 4) is 0 Å². The summed E-state index contributed by atoms with van der Waals surface area (Å²) in [6.45, 7) is 10.2. The zero-order chi connectivity index (χ0) is 10.4. The molecule has 2 rings (SSSR count). The molecule has 2 aliphatic rings. The van der Waals surface area contributed by atoms with E-state index in [1.165, 1.54) is 25.7 Å². The van der Waals surface area contributed by atoms with Crippen LogP contribution in [0.25, 0.3) is 0 Å². The van der Waals surface area contributed by atoms with E-state index in [-0.39, 0.29) is 0 Å². The largest absolute Gasteiger partial charge is 0.378 e. The Labute approximate surface area is 88.2 Å². The standard InChI is InChI=1S/C13H24O/c1-5-14-10(2)11-12(3)8-6-7-9-13(11,12)4/h10-11H,5-9H2,1-4H3/t10-,11?,12-,13+/m0/s1. The molecule has 0 N–H and O–H groups in total. The van der Waals surface area contributed by atoms with E-state index in [0.717, 1.165) is 12.5 Å². The molecule has 0 aromatic carbocycles. The summed E-state index contributed by atoms with van der Waals surface area (Å²) in [6.07, 6.45) is 6.17. The molecule has 0 aromatic heterocycles. The lowest BCUT2D eigenvalue weighted by atomic mass is 9.82. The van der Waals surface area contributed by atoms with Crippen LogP contribution in [0, 0.1) is 16.7 Å². The monoisotopic (exact) mass is 196 g/mol. The van der Waals surface area contributed by atoms with Crippen molar-refractivity contribution >= 4 is 0 Å². The van der Waals surface area contributed by atoms with E-state index < -0.39 is 0 Å². The molecule has 0 amide bonds. The summed E-state index contributed by atoms with van der Waals surface area (Å²) in [5.41, 5.74) is 1.19. The first-order valence-corrected chi connectivity index (χ1v) is 6.18. The van der Waals surface area contributed by atoms with Crippen LogP contribution in [0.5, 0.6) is 0 Å². The van der Waals surface area contributed by atoms with Gasteiger partial charge in [0.1, 0.15) is 0 Å². The van der Waals surface area contributed by atoms with E-state index in [2.05, 4.69) is 27.7 Å². The smallest absolute Gasteiger partial charge is 0.0585 e. The van der Waals surface area contributed by atoms with Crippen molar-refractivity contribution in [2.24, 2.45) is 16.7 Å². The van der Waals surface area contributed by atoms with E-state index in [1.807, 2.05) is 0 Å². The van der Waals surface area contributed by atoms with Gasteiger partial charge in [-0.15, -0.1) is 0 Å². The Balaban J connectivity index is 2.08. The van der Waals surface area contributed by atoms with E-state index in [0.29, 0.717) is 16.9 Å². The minimum Gasteiger partial charge on any atom is -0.378 e. The van der Waals surface area contributed by atoms with Crippen LogP contribution < -0.4 is 0 Å². The van der Waals surface area contributed by atoms with Crippen molar-refractivity contribution in [1.82, 2.24) is 0 Å². The number of hydrogen-bond donors (Lipinski definition) is 0. The third kappa shape index (κ3) is 1.18. The zero-order valence-corrected chi connectivity index (χ0v) is 10.1. The van der Waals surface area contributed by atoms with Gasteiger partial charge in [-0.25, -0.2) is 0 Å². The summed E-state index contributed by atoms with van der Waals surface area (Å²) < 4.78 is 5.79. The lowest BCUT2D eigenvalue weighted by Crippen LogP contribution is -2.15. The summed E-state index contributed by atoms with van der Waals surface area (Å²) >= 11 is 0. The Morgan fingerprint density at radius 2 is 1.71 bits per heavy atom. The first-order valence-electron chi connectivity index (χ1n) is 6.18. The summed E-state index contributed by atoms with van der Waals surface area (Å²) in [5.74, 6) is 0.817. The highest BCUT2D eigenvalue weighted by molar-refractivity contribution is 5.20. The molecule has 1 unspecified atom stereocenters. The van der Waals surface area contributed by atoms with Crippen molar-refractivity contribution in [1.29, 1.82) is 0 Å². The maximum Gasteiger partial charge on any atom is 0.0585 e. The van der Waals surface area contributed by atoms with E-state index in [4.69, 9.17) is 4.74 Å². The van der Waals surface area contributed by atoms with Crippen LogP contribution in [-0.2, 0) is 4.74 Å². The van der Waals surface area contributed by atoms with Crippen molar-refractivity contribution in [2.75, 3.05) is 6.61 Å². The maximum atomic E-state index is 5.79. The Kier molecular flexibility index (Phi) is 2.42. The highest BCUT2D eigenvalue weighted by Crippen LogP contribution is 2.76. The van der Waals surface area contributed by atoms with Crippen molar-refractivity contribution in [2.45, 2.75) is 59.5 Å². The van der Waals surface area contributed by atoms with Gasteiger partial charge in [-0.05, 0) is 43.4 Å². The van der Waals surface area contributed by atoms with Crippen LogP contribution in [0.3, 0.4) is 0 Å². The Bertz CT molecular complexity index is 207. The fourth-order valence-corrected chi connectivity index (χ4v) is 4.26. The number of ether oxygens (including phenoxy) is 1. The average molecular weight is 196 g/mol. The van der Waals surface area contributed by atoms with Crippen LogP contribution in [0.2, 0.25) is 0 Å². The summed E-state index contributed by atoms with van der Waals surface area (Å²) in [4.78, 5) is 0. The molecule has 2 fully saturated rings. The highest BCUT2D eigenvalue weighted by atomic mass is 16.5. The molecule has 0 bridgehead atoms. The van der Waals surface area contributed by atoms with Crippen molar-refractivity contribution in [3.05, 3.63) is 0 Å². The van der Waals surface area contributed by atoms with Gasteiger partial charge in [0.15, 0.2) is 0 Å². The number of fused-ring (bicyclic) bond motifs is 1. The van der Waals surface area contributed by atoms with Gasteiger partial charge < -0.3 is 4.74 Å². The second kappa shape index (κ2) is 3.23. The fourth-order valence-electron chi connectivity index (χ4n) is 4.26. The molecular weight excluding hydrogens is 172 g/mol. The molecular formula is C13H24O. The second-order valence-electron chi connectivity index (χ2n) is 5.68. The van der Waals surface area contributed by atoms with Gasteiger partial charge in [0.25, 0.3) is 0 Å². The van der Waals surface area contributed by atoms with E-state index in [1.54, 1.807) is 0 Å². The third-order valence-corrected chi connectivity index (χ3v) is 5.14.